The Bertz CT molecular complexity index is 436. The predicted octanol–water partition coefficient (Wildman–Crippen LogP) is 3.09. The van der Waals surface area contributed by atoms with Crippen molar-refractivity contribution in [3.63, 3.8) is 0 Å². The van der Waals surface area contributed by atoms with Crippen molar-refractivity contribution in [1.82, 2.24) is 0 Å². The lowest BCUT2D eigenvalue weighted by atomic mass is 9.88. The Morgan fingerprint density at radius 3 is 2.65 bits per heavy atom. The van der Waals surface area contributed by atoms with Crippen LogP contribution in [-0.4, -0.2) is 13.2 Å². The van der Waals surface area contributed by atoms with Crippen LogP contribution in [0.15, 0.2) is 36.0 Å². The molecule has 0 radical (unpaired) electrons. The SMILES string of the molecule is CCCCC1(O)C=C[Si](C)(C)c2ccccc21. The van der Waals surface area contributed by atoms with Crippen molar-refractivity contribution in [3.8, 4) is 0 Å². The van der Waals surface area contributed by atoms with Gasteiger partial charge in [0.15, 0.2) is 0 Å². The Balaban J connectivity index is 2.46. The highest BCUT2D eigenvalue weighted by Gasteiger charge is 2.37. The summed E-state index contributed by atoms with van der Waals surface area (Å²) in [5, 5.41) is 12.2. The van der Waals surface area contributed by atoms with E-state index < -0.39 is 13.7 Å². The summed E-state index contributed by atoms with van der Waals surface area (Å²) in [7, 11) is -1.48. The predicted molar refractivity (Wildman–Crippen MR) is 76.1 cm³/mol. The lowest BCUT2D eigenvalue weighted by molar-refractivity contribution is 0.0774. The van der Waals surface area contributed by atoms with Gasteiger partial charge in [0.1, 0.15) is 13.7 Å². The van der Waals surface area contributed by atoms with E-state index in [1.54, 1.807) is 0 Å². The molecule has 1 aliphatic rings. The Morgan fingerprint density at radius 2 is 1.94 bits per heavy atom. The minimum Gasteiger partial charge on any atom is -0.381 e. The number of fused-ring (bicyclic) bond motifs is 1. The zero-order valence-corrected chi connectivity index (χ0v) is 12.0. The first-order chi connectivity index (χ1) is 7.99. The number of aliphatic hydroxyl groups is 1. The van der Waals surface area contributed by atoms with Crippen LogP contribution in [0.25, 0.3) is 0 Å². The van der Waals surface area contributed by atoms with Crippen molar-refractivity contribution < 1.29 is 5.11 Å². The van der Waals surface area contributed by atoms with E-state index in [0.717, 1.165) is 24.8 Å². The third kappa shape index (κ3) is 2.24. The van der Waals surface area contributed by atoms with E-state index in [9.17, 15) is 5.11 Å². The van der Waals surface area contributed by atoms with Gasteiger partial charge >= 0.3 is 0 Å². The van der Waals surface area contributed by atoms with E-state index in [1.807, 2.05) is 6.07 Å². The van der Waals surface area contributed by atoms with E-state index in [4.69, 9.17) is 0 Å². The Labute approximate surface area is 105 Å². The van der Waals surface area contributed by atoms with Crippen molar-refractivity contribution >= 4 is 13.3 Å². The van der Waals surface area contributed by atoms with Crippen molar-refractivity contribution in [2.24, 2.45) is 0 Å². The van der Waals surface area contributed by atoms with Crippen LogP contribution in [-0.2, 0) is 5.60 Å². The number of benzene rings is 1. The van der Waals surface area contributed by atoms with Gasteiger partial charge in [-0.05, 0) is 17.2 Å². The van der Waals surface area contributed by atoms with Crippen LogP contribution in [0.4, 0.5) is 0 Å². The summed E-state index contributed by atoms with van der Waals surface area (Å²) in [5.41, 5.74) is 2.70. The van der Waals surface area contributed by atoms with Crippen LogP contribution in [0.5, 0.6) is 0 Å². The van der Waals surface area contributed by atoms with E-state index in [2.05, 4.69) is 50.0 Å². The molecule has 0 amide bonds. The van der Waals surface area contributed by atoms with Gasteiger partial charge in [-0.25, -0.2) is 0 Å². The quantitative estimate of drug-likeness (QED) is 0.813. The molecular weight excluding hydrogens is 224 g/mol. The van der Waals surface area contributed by atoms with E-state index in [1.165, 1.54) is 5.19 Å². The summed E-state index contributed by atoms with van der Waals surface area (Å²) in [6.45, 7) is 6.84. The van der Waals surface area contributed by atoms with Gasteiger partial charge in [0.25, 0.3) is 0 Å². The number of hydrogen-bond acceptors (Lipinski definition) is 1. The molecule has 0 saturated carbocycles. The fraction of sp³-hybridized carbons (Fsp3) is 0.467. The molecule has 1 aromatic rings. The zero-order chi connectivity index (χ0) is 12.5. The average Bonchev–Trinajstić information content (AvgIpc) is 2.33. The lowest BCUT2D eigenvalue weighted by Gasteiger charge is -2.36. The summed E-state index contributed by atoms with van der Waals surface area (Å²) in [6, 6.07) is 8.43. The standard InChI is InChI=1S/C15H22OSi/c1-4-5-10-15(16)11-12-17(2,3)14-9-7-6-8-13(14)15/h6-9,11-12,16H,4-5,10H2,1-3H3. The van der Waals surface area contributed by atoms with Gasteiger partial charge in [-0.2, -0.15) is 0 Å². The smallest absolute Gasteiger partial charge is 0.107 e. The maximum atomic E-state index is 10.8. The van der Waals surface area contributed by atoms with Crippen LogP contribution in [0.1, 0.15) is 31.7 Å². The molecule has 1 aliphatic heterocycles. The minimum absolute atomic E-state index is 0.727. The fourth-order valence-electron chi connectivity index (χ4n) is 2.61. The second-order valence-electron chi connectivity index (χ2n) is 5.63. The van der Waals surface area contributed by atoms with Crippen molar-refractivity contribution in [3.05, 3.63) is 41.6 Å². The van der Waals surface area contributed by atoms with E-state index >= 15 is 0 Å². The van der Waals surface area contributed by atoms with Crippen LogP contribution >= 0.6 is 0 Å². The molecule has 1 heterocycles. The molecule has 17 heavy (non-hydrogen) atoms. The summed E-state index contributed by atoms with van der Waals surface area (Å²) >= 11 is 0. The van der Waals surface area contributed by atoms with Gasteiger partial charge in [0.05, 0.1) is 0 Å². The summed E-state index contributed by atoms with van der Waals surface area (Å²) in [6.07, 6.45) is 5.08. The molecule has 1 unspecified atom stereocenters. The monoisotopic (exact) mass is 246 g/mol. The topological polar surface area (TPSA) is 20.2 Å². The third-order valence-corrected chi connectivity index (χ3v) is 6.60. The largest absolute Gasteiger partial charge is 0.381 e. The molecular formula is C15H22OSi. The molecule has 1 nitrogen and oxygen atoms in total. The molecule has 0 bridgehead atoms. The molecule has 0 spiro atoms. The number of hydrogen-bond donors (Lipinski definition) is 1. The van der Waals surface area contributed by atoms with Gasteiger partial charge in [-0.3, -0.25) is 0 Å². The maximum absolute atomic E-state index is 10.8. The highest BCUT2D eigenvalue weighted by molar-refractivity contribution is 6.94. The second kappa shape index (κ2) is 4.43. The van der Waals surface area contributed by atoms with E-state index in [0.29, 0.717) is 0 Å². The number of unbranched alkanes of at least 4 members (excludes halogenated alkanes) is 1. The van der Waals surface area contributed by atoms with Crippen molar-refractivity contribution in [2.75, 3.05) is 0 Å². The fourth-order valence-corrected chi connectivity index (χ4v) is 5.00. The molecule has 0 saturated heterocycles. The summed E-state index contributed by atoms with van der Waals surface area (Å²) in [5.74, 6) is 0. The lowest BCUT2D eigenvalue weighted by Crippen LogP contribution is -2.49. The highest BCUT2D eigenvalue weighted by atomic mass is 28.3. The maximum Gasteiger partial charge on any atom is 0.107 e. The van der Waals surface area contributed by atoms with Crippen LogP contribution < -0.4 is 5.19 Å². The third-order valence-electron chi connectivity index (χ3n) is 3.77. The average molecular weight is 246 g/mol. The first kappa shape index (κ1) is 12.6. The van der Waals surface area contributed by atoms with Crippen LogP contribution in [0.3, 0.4) is 0 Å². The second-order valence-corrected chi connectivity index (χ2v) is 9.94. The summed E-state index contributed by atoms with van der Waals surface area (Å²) < 4.78 is 0. The van der Waals surface area contributed by atoms with E-state index in [-0.39, 0.29) is 0 Å². The van der Waals surface area contributed by atoms with Crippen LogP contribution in [0, 0.1) is 0 Å². The highest BCUT2D eigenvalue weighted by Crippen LogP contribution is 2.33. The molecule has 1 aromatic carbocycles. The zero-order valence-electron chi connectivity index (χ0n) is 11.0. The molecule has 0 aliphatic carbocycles. The molecule has 2 heteroatoms. The Kier molecular flexibility index (Phi) is 3.28. The van der Waals surface area contributed by atoms with Crippen molar-refractivity contribution in [1.29, 1.82) is 0 Å². The Hall–Kier alpha value is -0.863. The molecule has 1 atom stereocenters. The van der Waals surface area contributed by atoms with Crippen LogP contribution in [0.2, 0.25) is 13.1 Å². The van der Waals surface area contributed by atoms with Crippen molar-refractivity contribution in [2.45, 2.75) is 44.9 Å². The molecule has 0 aromatic heterocycles. The van der Waals surface area contributed by atoms with Gasteiger partial charge in [-0.15, -0.1) is 0 Å². The molecule has 1 N–H and O–H groups in total. The normalized spacial score (nSPS) is 25.6. The minimum atomic E-state index is -1.48. The van der Waals surface area contributed by atoms with Gasteiger partial charge in [0, 0.05) is 0 Å². The first-order valence-electron chi connectivity index (χ1n) is 6.52. The summed E-state index contributed by atoms with van der Waals surface area (Å²) in [4.78, 5) is 0. The van der Waals surface area contributed by atoms with Gasteiger partial charge < -0.3 is 5.11 Å². The first-order valence-corrected chi connectivity index (χ1v) is 9.60. The number of rotatable bonds is 3. The molecule has 2 rings (SSSR count). The molecule has 0 fully saturated rings. The van der Waals surface area contributed by atoms with Gasteiger partial charge in [0.2, 0.25) is 0 Å². The van der Waals surface area contributed by atoms with Gasteiger partial charge in [-0.1, -0.05) is 68.9 Å². The Morgan fingerprint density at radius 1 is 1.24 bits per heavy atom. The molecule has 92 valence electrons.